The van der Waals surface area contributed by atoms with Gasteiger partial charge in [-0.2, -0.15) is 0 Å². The van der Waals surface area contributed by atoms with Crippen molar-refractivity contribution in [1.82, 2.24) is 0 Å². The van der Waals surface area contributed by atoms with Gasteiger partial charge < -0.3 is 10.1 Å². The fourth-order valence-electron chi connectivity index (χ4n) is 2.07. The van der Waals surface area contributed by atoms with E-state index in [1.165, 1.54) is 13.2 Å². The van der Waals surface area contributed by atoms with Crippen molar-refractivity contribution in [3.8, 4) is 0 Å². The summed E-state index contributed by atoms with van der Waals surface area (Å²) in [5, 5.41) is 3.08. The summed E-state index contributed by atoms with van der Waals surface area (Å²) >= 11 is 6.05. The predicted octanol–water partition coefficient (Wildman–Crippen LogP) is 3.62. The maximum absolute atomic E-state index is 12.1. The number of halogens is 1. The van der Waals surface area contributed by atoms with Crippen LogP contribution in [0.4, 0.5) is 5.69 Å². The van der Waals surface area contributed by atoms with Crippen molar-refractivity contribution in [2.24, 2.45) is 0 Å². The van der Waals surface area contributed by atoms with Crippen molar-refractivity contribution >= 4 is 29.2 Å². The summed E-state index contributed by atoms with van der Waals surface area (Å²) in [6.45, 7) is 1.97. The molecule has 0 aromatic heterocycles. The first-order chi connectivity index (χ1) is 10.5. The lowest BCUT2D eigenvalue weighted by atomic mass is 10.1. The number of benzene rings is 2. The van der Waals surface area contributed by atoms with Gasteiger partial charge in [0.05, 0.1) is 29.8 Å². The summed E-state index contributed by atoms with van der Waals surface area (Å²) in [7, 11) is 1.30. The normalized spacial score (nSPS) is 10.1. The third-order valence-electron chi connectivity index (χ3n) is 3.11. The number of amides is 1. The van der Waals surface area contributed by atoms with Crippen molar-refractivity contribution in [2.75, 3.05) is 12.4 Å². The minimum absolute atomic E-state index is 0.200. The Morgan fingerprint density at radius 3 is 2.64 bits per heavy atom. The first-order valence-electron chi connectivity index (χ1n) is 6.73. The lowest BCUT2D eigenvalue weighted by Crippen LogP contribution is -2.15. The molecule has 1 N–H and O–H groups in total. The van der Waals surface area contributed by atoms with Crippen LogP contribution in [0.15, 0.2) is 42.5 Å². The van der Waals surface area contributed by atoms with Crippen LogP contribution in [0.3, 0.4) is 0 Å². The quantitative estimate of drug-likeness (QED) is 0.876. The molecule has 2 aromatic rings. The van der Waals surface area contributed by atoms with Crippen molar-refractivity contribution in [3.63, 3.8) is 0 Å². The highest BCUT2D eigenvalue weighted by atomic mass is 35.5. The molecule has 0 bridgehead atoms. The van der Waals surface area contributed by atoms with Gasteiger partial charge in [-0.25, -0.2) is 4.79 Å². The second-order valence-electron chi connectivity index (χ2n) is 4.90. The number of nitrogens with one attached hydrogen (secondary N) is 1. The summed E-state index contributed by atoms with van der Waals surface area (Å²) in [5.41, 5.74) is 2.73. The van der Waals surface area contributed by atoms with Crippen LogP contribution in [0.25, 0.3) is 0 Å². The van der Waals surface area contributed by atoms with Gasteiger partial charge in [0.2, 0.25) is 5.91 Å². The van der Waals surface area contributed by atoms with Gasteiger partial charge in [-0.3, -0.25) is 4.79 Å². The molecular formula is C17H16ClNO3. The SMILES string of the molecule is COC(=O)c1ccc(Cl)c(NC(=O)Cc2cccc(C)c2)c1. The molecule has 0 atom stereocenters. The smallest absolute Gasteiger partial charge is 0.337 e. The first kappa shape index (κ1) is 16.0. The molecule has 0 saturated heterocycles. The Bertz CT molecular complexity index is 713. The first-order valence-corrected chi connectivity index (χ1v) is 7.10. The minimum atomic E-state index is -0.481. The average molecular weight is 318 g/mol. The molecule has 2 rings (SSSR count). The van der Waals surface area contributed by atoms with Gasteiger partial charge in [-0.1, -0.05) is 41.4 Å². The van der Waals surface area contributed by atoms with Crippen molar-refractivity contribution in [2.45, 2.75) is 13.3 Å². The van der Waals surface area contributed by atoms with E-state index in [4.69, 9.17) is 11.6 Å². The molecule has 0 spiro atoms. The van der Waals surface area contributed by atoms with Crippen LogP contribution in [0, 0.1) is 6.92 Å². The van der Waals surface area contributed by atoms with Gasteiger partial charge in [0.25, 0.3) is 0 Å². The van der Waals surface area contributed by atoms with Crippen LogP contribution in [0.5, 0.6) is 0 Å². The van der Waals surface area contributed by atoms with E-state index in [1.807, 2.05) is 31.2 Å². The molecule has 2 aromatic carbocycles. The van der Waals surface area contributed by atoms with E-state index >= 15 is 0 Å². The molecule has 114 valence electrons. The summed E-state index contributed by atoms with van der Waals surface area (Å²) in [6, 6.07) is 12.3. The number of carbonyl (C=O) groups is 2. The largest absolute Gasteiger partial charge is 0.465 e. The van der Waals surface area contributed by atoms with Crippen LogP contribution in [-0.4, -0.2) is 19.0 Å². The molecule has 0 saturated carbocycles. The van der Waals surface area contributed by atoms with E-state index in [-0.39, 0.29) is 12.3 Å². The van der Waals surface area contributed by atoms with Crippen molar-refractivity contribution in [3.05, 3.63) is 64.2 Å². The lowest BCUT2D eigenvalue weighted by molar-refractivity contribution is -0.115. The Morgan fingerprint density at radius 1 is 1.18 bits per heavy atom. The lowest BCUT2D eigenvalue weighted by Gasteiger charge is -2.09. The fourth-order valence-corrected chi connectivity index (χ4v) is 2.23. The van der Waals surface area contributed by atoms with E-state index in [0.717, 1.165) is 11.1 Å². The van der Waals surface area contributed by atoms with Crippen LogP contribution in [0.1, 0.15) is 21.5 Å². The van der Waals surface area contributed by atoms with Crippen LogP contribution >= 0.6 is 11.6 Å². The minimum Gasteiger partial charge on any atom is -0.465 e. The highest BCUT2D eigenvalue weighted by molar-refractivity contribution is 6.33. The van der Waals surface area contributed by atoms with Crippen LogP contribution in [-0.2, 0) is 16.0 Å². The monoisotopic (exact) mass is 317 g/mol. The van der Waals surface area contributed by atoms with Crippen molar-refractivity contribution in [1.29, 1.82) is 0 Å². The average Bonchev–Trinajstić information content (AvgIpc) is 2.48. The zero-order valence-corrected chi connectivity index (χ0v) is 13.1. The summed E-state index contributed by atoms with van der Waals surface area (Å²) in [4.78, 5) is 23.6. The zero-order valence-electron chi connectivity index (χ0n) is 12.4. The molecular weight excluding hydrogens is 302 g/mol. The van der Waals surface area contributed by atoms with E-state index in [9.17, 15) is 9.59 Å². The Kier molecular flexibility index (Phi) is 5.17. The highest BCUT2D eigenvalue weighted by Gasteiger charge is 2.11. The van der Waals surface area contributed by atoms with Gasteiger partial charge in [-0.15, -0.1) is 0 Å². The number of hydrogen-bond acceptors (Lipinski definition) is 3. The molecule has 22 heavy (non-hydrogen) atoms. The molecule has 0 unspecified atom stereocenters. The third kappa shape index (κ3) is 4.09. The molecule has 1 amide bonds. The van der Waals surface area contributed by atoms with E-state index in [0.29, 0.717) is 16.3 Å². The highest BCUT2D eigenvalue weighted by Crippen LogP contribution is 2.23. The molecule has 0 fully saturated rings. The Morgan fingerprint density at radius 2 is 1.95 bits per heavy atom. The fraction of sp³-hybridized carbons (Fsp3) is 0.176. The summed E-state index contributed by atoms with van der Waals surface area (Å²) < 4.78 is 4.65. The number of anilines is 1. The topological polar surface area (TPSA) is 55.4 Å². The number of ether oxygens (including phenoxy) is 1. The van der Waals surface area contributed by atoms with Crippen LogP contribution in [0.2, 0.25) is 5.02 Å². The maximum atomic E-state index is 12.1. The molecule has 4 nitrogen and oxygen atoms in total. The molecule has 5 heteroatoms. The second kappa shape index (κ2) is 7.09. The number of esters is 1. The summed E-state index contributed by atoms with van der Waals surface area (Å²) in [5.74, 6) is -0.680. The van der Waals surface area contributed by atoms with Gasteiger partial charge in [0.1, 0.15) is 0 Å². The molecule has 0 aliphatic carbocycles. The van der Waals surface area contributed by atoms with E-state index in [2.05, 4.69) is 10.1 Å². The molecule has 0 radical (unpaired) electrons. The summed E-state index contributed by atoms with van der Waals surface area (Å²) in [6.07, 6.45) is 0.237. The number of methoxy groups -OCH3 is 1. The number of aryl methyl sites for hydroxylation is 1. The van der Waals surface area contributed by atoms with Gasteiger partial charge in [0, 0.05) is 0 Å². The van der Waals surface area contributed by atoms with Crippen LogP contribution < -0.4 is 5.32 Å². The Labute approximate surface area is 134 Å². The number of carbonyl (C=O) groups excluding carboxylic acids is 2. The Hall–Kier alpha value is -2.33. The second-order valence-corrected chi connectivity index (χ2v) is 5.31. The predicted molar refractivity (Wildman–Crippen MR) is 86.3 cm³/mol. The zero-order chi connectivity index (χ0) is 16.1. The molecule has 0 heterocycles. The van der Waals surface area contributed by atoms with E-state index in [1.54, 1.807) is 12.1 Å². The maximum Gasteiger partial charge on any atom is 0.337 e. The number of rotatable bonds is 4. The molecule has 0 aliphatic heterocycles. The van der Waals surface area contributed by atoms with E-state index < -0.39 is 5.97 Å². The van der Waals surface area contributed by atoms with Gasteiger partial charge in [0.15, 0.2) is 0 Å². The van der Waals surface area contributed by atoms with Gasteiger partial charge >= 0.3 is 5.97 Å². The van der Waals surface area contributed by atoms with Gasteiger partial charge in [-0.05, 0) is 30.7 Å². The Balaban J connectivity index is 2.12. The molecule has 0 aliphatic rings. The third-order valence-corrected chi connectivity index (χ3v) is 3.44. The number of hydrogen-bond donors (Lipinski definition) is 1. The van der Waals surface area contributed by atoms with Crippen molar-refractivity contribution < 1.29 is 14.3 Å². The standard InChI is InChI=1S/C17H16ClNO3/c1-11-4-3-5-12(8-11)9-16(20)19-15-10-13(17(21)22-2)6-7-14(15)18/h3-8,10H,9H2,1-2H3,(H,19,20).